The van der Waals surface area contributed by atoms with Gasteiger partial charge in [0, 0.05) is 34.8 Å². The zero-order valence-electron chi connectivity index (χ0n) is 9.94. The molecule has 0 atom stereocenters. The van der Waals surface area contributed by atoms with Crippen LogP contribution in [0, 0.1) is 0 Å². The lowest BCUT2D eigenvalue weighted by Crippen LogP contribution is -2.12. The highest BCUT2D eigenvalue weighted by Crippen LogP contribution is 2.22. The lowest BCUT2D eigenvalue weighted by atomic mass is 10.4. The van der Waals surface area contributed by atoms with Crippen molar-refractivity contribution >= 4 is 44.5 Å². The molecular formula is C13H11BrClN3S. The second-order valence-electron chi connectivity index (χ2n) is 4.14. The maximum absolute atomic E-state index is 5.95. The van der Waals surface area contributed by atoms with Crippen LogP contribution in [0.25, 0.3) is 5.65 Å². The molecule has 0 saturated carbocycles. The monoisotopic (exact) mass is 355 g/mol. The van der Waals surface area contributed by atoms with Crippen LogP contribution in [0.3, 0.4) is 0 Å². The van der Waals surface area contributed by atoms with E-state index >= 15 is 0 Å². The third-order valence-corrected chi connectivity index (χ3v) is 4.90. The van der Waals surface area contributed by atoms with Gasteiger partial charge < -0.3 is 9.72 Å². The summed E-state index contributed by atoms with van der Waals surface area (Å²) in [6.07, 6.45) is 3.86. The van der Waals surface area contributed by atoms with Gasteiger partial charge in [0.15, 0.2) is 0 Å². The lowest BCUT2D eigenvalue weighted by molar-refractivity contribution is 0.688. The maximum Gasteiger partial charge on any atom is 0.137 e. The largest absolute Gasteiger partial charge is 0.306 e. The fourth-order valence-corrected chi connectivity index (χ4v) is 3.49. The number of rotatable bonds is 4. The summed E-state index contributed by atoms with van der Waals surface area (Å²) in [4.78, 5) is 5.83. The molecule has 1 N–H and O–H groups in total. The zero-order chi connectivity index (χ0) is 13.2. The van der Waals surface area contributed by atoms with E-state index in [9.17, 15) is 0 Å². The molecule has 0 bridgehead atoms. The number of aromatic nitrogens is 2. The Bertz CT molecular complexity index is 707. The Balaban J connectivity index is 1.67. The molecule has 0 aliphatic rings. The van der Waals surface area contributed by atoms with Gasteiger partial charge in [-0.1, -0.05) is 11.6 Å². The summed E-state index contributed by atoms with van der Waals surface area (Å²) in [5, 5.41) is 6.18. The number of pyridine rings is 1. The summed E-state index contributed by atoms with van der Waals surface area (Å²) >= 11 is 11.2. The number of nitrogens with zero attached hydrogens (tertiary/aromatic N) is 2. The average molecular weight is 357 g/mol. The molecule has 0 saturated heterocycles. The second kappa shape index (κ2) is 5.63. The van der Waals surface area contributed by atoms with Gasteiger partial charge in [0.1, 0.15) is 5.65 Å². The molecule has 0 radical (unpaired) electrons. The van der Waals surface area contributed by atoms with Crippen LogP contribution in [-0.2, 0) is 13.1 Å². The molecule has 0 fully saturated rings. The first kappa shape index (κ1) is 13.1. The van der Waals surface area contributed by atoms with Crippen molar-refractivity contribution in [3.63, 3.8) is 0 Å². The smallest absolute Gasteiger partial charge is 0.137 e. The van der Waals surface area contributed by atoms with E-state index in [1.807, 2.05) is 28.9 Å². The molecule has 19 heavy (non-hydrogen) atoms. The van der Waals surface area contributed by atoms with Gasteiger partial charge in [-0.25, -0.2) is 4.98 Å². The van der Waals surface area contributed by atoms with Crippen LogP contribution in [-0.4, -0.2) is 9.38 Å². The molecule has 0 aliphatic heterocycles. The lowest BCUT2D eigenvalue weighted by Gasteiger charge is -2.00. The number of hydrogen-bond donors (Lipinski definition) is 1. The predicted molar refractivity (Wildman–Crippen MR) is 82.8 cm³/mol. The van der Waals surface area contributed by atoms with E-state index in [0.717, 1.165) is 28.9 Å². The van der Waals surface area contributed by atoms with Crippen molar-refractivity contribution < 1.29 is 0 Å². The number of hydrogen-bond acceptors (Lipinski definition) is 3. The highest BCUT2D eigenvalue weighted by molar-refractivity contribution is 9.10. The molecule has 0 unspecified atom stereocenters. The van der Waals surface area contributed by atoms with Crippen molar-refractivity contribution in [1.29, 1.82) is 0 Å². The molecule has 3 aromatic heterocycles. The van der Waals surface area contributed by atoms with Gasteiger partial charge in [-0.3, -0.25) is 0 Å². The van der Waals surface area contributed by atoms with E-state index in [1.54, 1.807) is 11.3 Å². The molecule has 98 valence electrons. The number of nitrogens with one attached hydrogen (secondary N) is 1. The number of fused-ring (bicyclic) bond motifs is 1. The Morgan fingerprint density at radius 2 is 2.16 bits per heavy atom. The first-order chi connectivity index (χ1) is 9.22. The van der Waals surface area contributed by atoms with Crippen molar-refractivity contribution in [2.75, 3.05) is 0 Å². The van der Waals surface area contributed by atoms with Gasteiger partial charge in [0.2, 0.25) is 0 Å². The number of halogens is 2. The first-order valence-corrected chi connectivity index (χ1v) is 7.83. The van der Waals surface area contributed by atoms with Gasteiger partial charge in [-0.15, -0.1) is 11.3 Å². The third-order valence-electron chi connectivity index (χ3n) is 2.75. The minimum absolute atomic E-state index is 0.715. The molecule has 0 amide bonds. The van der Waals surface area contributed by atoms with Crippen molar-refractivity contribution in [2.45, 2.75) is 13.1 Å². The zero-order valence-corrected chi connectivity index (χ0v) is 13.1. The van der Waals surface area contributed by atoms with E-state index in [-0.39, 0.29) is 0 Å². The van der Waals surface area contributed by atoms with Crippen molar-refractivity contribution in [2.24, 2.45) is 0 Å². The third kappa shape index (κ3) is 3.00. The molecule has 0 aliphatic carbocycles. The standard InChI is InChI=1S/C13H11BrClN3S/c14-11-3-4-19-12(11)6-16-5-10-8-18-7-9(15)1-2-13(18)17-10/h1-4,7-8,16H,5-6H2. The SMILES string of the molecule is Clc1ccc2nc(CNCc3sccc3Br)cn2c1. The molecular weight excluding hydrogens is 346 g/mol. The van der Waals surface area contributed by atoms with Gasteiger partial charge in [0.05, 0.1) is 10.7 Å². The Morgan fingerprint density at radius 1 is 1.26 bits per heavy atom. The molecule has 6 heteroatoms. The van der Waals surface area contributed by atoms with Crippen LogP contribution in [0.1, 0.15) is 10.6 Å². The van der Waals surface area contributed by atoms with E-state index in [2.05, 4.69) is 37.7 Å². The Morgan fingerprint density at radius 3 is 2.95 bits per heavy atom. The van der Waals surface area contributed by atoms with Gasteiger partial charge in [-0.05, 0) is 39.5 Å². The van der Waals surface area contributed by atoms with Crippen molar-refractivity contribution in [3.8, 4) is 0 Å². The van der Waals surface area contributed by atoms with Crippen molar-refractivity contribution in [1.82, 2.24) is 14.7 Å². The number of imidazole rings is 1. The van der Waals surface area contributed by atoms with Gasteiger partial charge in [-0.2, -0.15) is 0 Å². The maximum atomic E-state index is 5.95. The summed E-state index contributed by atoms with van der Waals surface area (Å²) in [7, 11) is 0. The van der Waals surface area contributed by atoms with Crippen LogP contribution in [0.5, 0.6) is 0 Å². The highest BCUT2D eigenvalue weighted by Gasteiger charge is 2.04. The quantitative estimate of drug-likeness (QED) is 0.762. The van der Waals surface area contributed by atoms with Gasteiger partial charge >= 0.3 is 0 Å². The normalized spacial score (nSPS) is 11.3. The minimum atomic E-state index is 0.715. The van der Waals surface area contributed by atoms with Crippen LogP contribution in [0.2, 0.25) is 5.02 Å². The average Bonchev–Trinajstić information content (AvgIpc) is 2.95. The molecule has 0 spiro atoms. The van der Waals surface area contributed by atoms with Gasteiger partial charge in [0.25, 0.3) is 0 Å². The predicted octanol–water partition coefficient (Wildman–Crippen LogP) is 4.10. The fraction of sp³-hybridized carbons (Fsp3) is 0.154. The fourth-order valence-electron chi connectivity index (χ4n) is 1.86. The van der Waals surface area contributed by atoms with E-state index in [0.29, 0.717) is 5.02 Å². The molecule has 3 nitrogen and oxygen atoms in total. The summed E-state index contributed by atoms with van der Waals surface area (Å²) in [5.41, 5.74) is 1.92. The summed E-state index contributed by atoms with van der Waals surface area (Å²) in [6.45, 7) is 1.58. The van der Waals surface area contributed by atoms with E-state index < -0.39 is 0 Å². The Kier molecular flexibility index (Phi) is 3.88. The summed E-state index contributed by atoms with van der Waals surface area (Å²) in [5.74, 6) is 0. The highest BCUT2D eigenvalue weighted by atomic mass is 79.9. The second-order valence-corrected chi connectivity index (χ2v) is 6.43. The molecule has 0 aromatic carbocycles. The molecule has 3 rings (SSSR count). The van der Waals surface area contributed by atoms with Crippen LogP contribution in [0.15, 0.2) is 40.4 Å². The van der Waals surface area contributed by atoms with Crippen LogP contribution >= 0.6 is 38.9 Å². The minimum Gasteiger partial charge on any atom is -0.306 e. The molecule has 3 heterocycles. The Hall–Kier alpha value is -0.880. The first-order valence-electron chi connectivity index (χ1n) is 5.78. The number of thiophene rings is 1. The summed E-state index contributed by atoms with van der Waals surface area (Å²) in [6, 6.07) is 5.83. The summed E-state index contributed by atoms with van der Waals surface area (Å²) < 4.78 is 3.10. The van der Waals surface area contributed by atoms with Crippen LogP contribution < -0.4 is 5.32 Å². The Labute approximate surface area is 128 Å². The molecule has 3 aromatic rings. The topological polar surface area (TPSA) is 29.3 Å². The van der Waals surface area contributed by atoms with E-state index in [4.69, 9.17) is 11.6 Å². The van der Waals surface area contributed by atoms with Crippen molar-refractivity contribution in [3.05, 3.63) is 56.0 Å². The van der Waals surface area contributed by atoms with Crippen LogP contribution in [0.4, 0.5) is 0 Å². The van der Waals surface area contributed by atoms with E-state index in [1.165, 1.54) is 4.88 Å².